The summed E-state index contributed by atoms with van der Waals surface area (Å²) in [5, 5.41) is 18.0. The van der Waals surface area contributed by atoms with Crippen molar-refractivity contribution < 1.29 is 14.6 Å². The molecule has 6 nitrogen and oxygen atoms in total. The zero-order valence-electron chi connectivity index (χ0n) is 22.0. The van der Waals surface area contributed by atoms with Crippen molar-refractivity contribution in [3.8, 4) is 5.75 Å². The second kappa shape index (κ2) is 11.9. The minimum Gasteiger partial charge on any atom is -0.487 e. The number of rotatable bonds is 10. The van der Waals surface area contributed by atoms with Crippen molar-refractivity contribution in [3.63, 3.8) is 0 Å². The summed E-state index contributed by atoms with van der Waals surface area (Å²) < 4.78 is 6.46. The van der Waals surface area contributed by atoms with Crippen molar-refractivity contribution in [1.29, 1.82) is 0 Å². The van der Waals surface area contributed by atoms with E-state index in [4.69, 9.17) is 4.74 Å². The van der Waals surface area contributed by atoms with Crippen LogP contribution in [0.2, 0.25) is 0 Å². The minimum atomic E-state index is -0.774. The van der Waals surface area contributed by atoms with Gasteiger partial charge in [-0.15, -0.1) is 0 Å². The molecule has 1 fully saturated rings. The van der Waals surface area contributed by atoms with E-state index in [0.29, 0.717) is 13.0 Å². The van der Waals surface area contributed by atoms with E-state index in [0.717, 1.165) is 48.1 Å². The van der Waals surface area contributed by atoms with Crippen LogP contribution >= 0.6 is 0 Å². The third-order valence-corrected chi connectivity index (χ3v) is 7.80. The summed E-state index contributed by atoms with van der Waals surface area (Å²) in [6.45, 7) is 2.52. The van der Waals surface area contributed by atoms with Gasteiger partial charge in [0.2, 0.25) is 5.91 Å². The van der Waals surface area contributed by atoms with Crippen LogP contribution in [-0.2, 0) is 17.6 Å². The van der Waals surface area contributed by atoms with Crippen LogP contribution in [-0.4, -0.2) is 40.3 Å². The highest BCUT2D eigenvalue weighted by Gasteiger charge is 2.45. The molecule has 3 atom stereocenters. The molecule has 2 aliphatic rings. The fourth-order valence-electron chi connectivity index (χ4n) is 5.43. The van der Waals surface area contributed by atoms with Crippen LogP contribution in [0.1, 0.15) is 60.9 Å². The maximum atomic E-state index is 12.8. The molecule has 0 unspecified atom stereocenters. The third-order valence-electron chi connectivity index (χ3n) is 7.80. The SMILES string of the molecule is CCc1ccc2c(c1)[C@@H](NC[C@@H](O)[C@H](Cc1ccccc1)NC(=O)C=Cc1cccnc1)CC1(CCC1)O2. The number of ether oxygens (including phenoxy) is 1. The molecule has 0 radical (unpaired) electrons. The van der Waals surface area contributed by atoms with Crippen molar-refractivity contribution in [3.05, 3.63) is 101 Å². The molecule has 1 saturated carbocycles. The van der Waals surface area contributed by atoms with E-state index in [9.17, 15) is 9.90 Å². The average Bonchev–Trinajstić information content (AvgIpc) is 2.94. The van der Waals surface area contributed by atoms with Gasteiger partial charge in [0.1, 0.15) is 11.4 Å². The lowest BCUT2D eigenvalue weighted by Gasteiger charge is -2.48. The molecule has 0 bridgehead atoms. The van der Waals surface area contributed by atoms with Gasteiger partial charge in [0, 0.05) is 43.0 Å². The number of benzene rings is 2. The van der Waals surface area contributed by atoms with Gasteiger partial charge in [0.25, 0.3) is 0 Å². The molecule has 3 N–H and O–H groups in total. The standard InChI is InChI=1S/C32H37N3O3/c1-2-23-11-13-30-26(18-23)28(20-32(38-30)15-7-16-32)34-22-29(36)27(19-24-8-4-3-5-9-24)35-31(37)14-12-25-10-6-17-33-21-25/h3-6,8-14,17-18,21,27-29,34,36H,2,7,15-16,19-20,22H2,1H3,(H,35,37)/t27-,28-,29+/m0/s1. The topological polar surface area (TPSA) is 83.5 Å². The van der Waals surface area contributed by atoms with E-state index >= 15 is 0 Å². The Morgan fingerprint density at radius 2 is 2.00 bits per heavy atom. The number of hydrogen-bond acceptors (Lipinski definition) is 5. The summed E-state index contributed by atoms with van der Waals surface area (Å²) in [5.74, 6) is 0.709. The van der Waals surface area contributed by atoms with Crippen LogP contribution in [0.15, 0.2) is 79.1 Å². The molecule has 1 spiro atoms. The van der Waals surface area contributed by atoms with Gasteiger partial charge in [-0.1, -0.05) is 55.5 Å². The lowest BCUT2D eigenvalue weighted by atomic mass is 9.72. The van der Waals surface area contributed by atoms with E-state index in [1.165, 1.54) is 18.1 Å². The number of aromatic nitrogens is 1. The monoisotopic (exact) mass is 511 g/mol. The second-order valence-corrected chi connectivity index (χ2v) is 10.5. The Morgan fingerprint density at radius 1 is 1.16 bits per heavy atom. The van der Waals surface area contributed by atoms with Crippen molar-refractivity contribution in [1.82, 2.24) is 15.6 Å². The number of aliphatic hydroxyl groups is 1. The van der Waals surface area contributed by atoms with E-state index in [-0.39, 0.29) is 17.6 Å². The summed E-state index contributed by atoms with van der Waals surface area (Å²) in [6.07, 6.45) is 11.6. The summed E-state index contributed by atoms with van der Waals surface area (Å²) in [7, 11) is 0. The first-order chi connectivity index (χ1) is 18.5. The largest absolute Gasteiger partial charge is 0.487 e. The van der Waals surface area contributed by atoms with Gasteiger partial charge >= 0.3 is 0 Å². The van der Waals surface area contributed by atoms with Crippen LogP contribution in [0.3, 0.4) is 0 Å². The number of fused-ring (bicyclic) bond motifs is 1. The van der Waals surface area contributed by atoms with Crippen molar-refractivity contribution >= 4 is 12.0 Å². The number of nitrogens with one attached hydrogen (secondary N) is 2. The molecule has 198 valence electrons. The predicted molar refractivity (Wildman–Crippen MR) is 150 cm³/mol. The molecule has 6 heteroatoms. The Kier molecular flexibility index (Phi) is 8.20. The van der Waals surface area contributed by atoms with E-state index in [1.807, 2.05) is 42.5 Å². The minimum absolute atomic E-state index is 0.0961. The summed E-state index contributed by atoms with van der Waals surface area (Å²) in [6, 6.07) is 19.8. The lowest BCUT2D eigenvalue weighted by Crippen LogP contribution is -2.52. The summed E-state index contributed by atoms with van der Waals surface area (Å²) in [5.41, 5.74) is 4.25. The molecule has 38 heavy (non-hydrogen) atoms. The fourth-order valence-corrected chi connectivity index (χ4v) is 5.43. The van der Waals surface area contributed by atoms with E-state index < -0.39 is 12.1 Å². The molecule has 2 aromatic carbocycles. The van der Waals surface area contributed by atoms with Crippen LogP contribution in [0.25, 0.3) is 6.08 Å². The molecular formula is C32H37N3O3. The summed E-state index contributed by atoms with van der Waals surface area (Å²) in [4.78, 5) is 16.9. The Morgan fingerprint density at radius 3 is 2.71 bits per heavy atom. The Hall–Kier alpha value is -3.48. The summed E-state index contributed by atoms with van der Waals surface area (Å²) >= 11 is 0. The number of carbonyl (C=O) groups is 1. The molecule has 5 rings (SSSR count). The quantitative estimate of drug-likeness (QED) is 0.341. The Labute approximate surface area is 225 Å². The van der Waals surface area contributed by atoms with Gasteiger partial charge in [-0.25, -0.2) is 0 Å². The number of hydrogen-bond donors (Lipinski definition) is 3. The smallest absolute Gasteiger partial charge is 0.244 e. The van der Waals surface area contributed by atoms with Gasteiger partial charge in [-0.3, -0.25) is 9.78 Å². The second-order valence-electron chi connectivity index (χ2n) is 10.5. The van der Waals surface area contributed by atoms with E-state index in [2.05, 4.69) is 40.7 Å². The van der Waals surface area contributed by atoms with Crippen molar-refractivity contribution in [2.75, 3.05) is 6.54 Å². The van der Waals surface area contributed by atoms with Crippen molar-refractivity contribution in [2.24, 2.45) is 0 Å². The Bertz CT molecular complexity index is 1240. The maximum Gasteiger partial charge on any atom is 0.244 e. The van der Waals surface area contributed by atoms with Crippen molar-refractivity contribution in [2.45, 2.75) is 69.2 Å². The van der Waals surface area contributed by atoms with Crippen LogP contribution in [0.5, 0.6) is 5.75 Å². The molecule has 1 amide bonds. The molecule has 1 aliphatic carbocycles. The number of amides is 1. The van der Waals surface area contributed by atoms with Gasteiger partial charge in [-0.05, 0) is 67.0 Å². The number of aryl methyl sites for hydroxylation is 1. The number of pyridine rings is 1. The van der Waals surface area contributed by atoms with Crippen LogP contribution < -0.4 is 15.4 Å². The number of aliphatic hydroxyl groups excluding tert-OH is 1. The van der Waals surface area contributed by atoms with Gasteiger partial charge < -0.3 is 20.5 Å². The third kappa shape index (κ3) is 6.32. The zero-order chi connectivity index (χ0) is 26.4. The molecule has 2 heterocycles. The highest BCUT2D eigenvalue weighted by molar-refractivity contribution is 5.91. The molecule has 1 aliphatic heterocycles. The van der Waals surface area contributed by atoms with Gasteiger partial charge in [0.15, 0.2) is 0 Å². The zero-order valence-corrected chi connectivity index (χ0v) is 22.0. The Balaban J connectivity index is 1.29. The highest BCUT2D eigenvalue weighted by atomic mass is 16.5. The molecule has 3 aromatic rings. The first kappa shape index (κ1) is 26.1. The van der Waals surface area contributed by atoms with E-state index in [1.54, 1.807) is 18.5 Å². The van der Waals surface area contributed by atoms with Crippen LogP contribution in [0, 0.1) is 0 Å². The van der Waals surface area contributed by atoms with Gasteiger partial charge in [-0.2, -0.15) is 0 Å². The molecular weight excluding hydrogens is 474 g/mol. The van der Waals surface area contributed by atoms with Crippen LogP contribution in [0.4, 0.5) is 0 Å². The normalized spacial score (nSPS) is 19.3. The highest BCUT2D eigenvalue weighted by Crippen LogP contribution is 2.49. The molecule has 0 saturated heterocycles. The molecule has 1 aromatic heterocycles. The van der Waals surface area contributed by atoms with Gasteiger partial charge in [0.05, 0.1) is 12.1 Å². The first-order valence-electron chi connectivity index (χ1n) is 13.7. The lowest BCUT2D eigenvalue weighted by molar-refractivity contribution is -0.117. The number of carbonyl (C=O) groups excluding carboxylic acids is 1. The maximum absolute atomic E-state index is 12.8. The predicted octanol–water partition coefficient (Wildman–Crippen LogP) is 4.78. The first-order valence-corrected chi connectivity index (χ1v) is 13.7. The average molecular weight is 512 g/mol. The fraction of sp³-hybridized carbons (Fsp3) is 0.375. The number of nitrogens with zero attached hydrogens (tertiary/aromatic N) is 1.